The molecule has 6 nitrogen and oxygen atoms in total. The van der Waals surface area contributed by atoms with Gasteiger partial charge in [0.1, 0.15) is 5.58 Å². The van der Waals surface area contributed by atoms with Gasteiger partial charge in [0.2, 0.25) is 10.3 Å². The van der Waals surface area contributed by atoms with Gasteiger partial charge in [0.05, 0.1) is 5.39 Å². The standard InChI is InChI=1S/C15H13N3O3S2/c1-3-22-15-17-14(23-18-15)16-13(20)12-7-10(19)9-6-8(2)4-5-11(9)21-12/h4-7H,3H2,1-2H3,(H,16,17,18,20). The molecule has 3 rings (SSSR count). The molecular formula is C15H13N3O3S2. The summed E-state index contributed by atoms with van der Waals surface area (Å²) in [6.45, 7) is 3.89. The van der Waals surface area contributed by atoms with Crippen LogP contribution in [-0.2, 0) is 0 Å². The minimum atomic E-state index is -0.520. The van der Waals surface area contributed by atoms with Gasteiger partial charge in [0.25, 0.3) is 5.91 Å². The van der Waals surface area contributed by atoms with Crippen LogP contribution in [0.15, 0.2) is 38.6 Å². The molecule has 0 unspecified atom stereocenters. The molecule has 8 heteroatoms. The summed E-state index contributed by atoms with van der Waals surface area (Å²) in [6, 6.07) is 6.44. The predicted molar refractivity (Wildman–Crippen MR) is 91.5 cm³/mol. The summed E-state index contributed by atoms with van der Waals surface area (Å²) in [5.41, 5.74) is 1.09. The van der Waals surface area contributed by atoms with E-state index in [0.29, 0.717) is 21.3 Å². The lowest BCUT2D eigenvalue weighted by molar-refractivity contribution is 0.0997. The Morgan fingerprint density at radius 3 is 3.00 bits per heavy atom. The van der Waals surface area contributed by atoms with Gasteiger partial charge in [-0.2, -0.15) is 9.36 Å². The summed E-state index contributed by atoms with van der Waals surface area (Å²) in [5, 5.41) is 4.04. The van der Waals surface area contributed by atoms with Gasteiger partial charge in [0.15, 0.2) is 11.2 Å². The lowest BCUT2D eigenvalue weighted by atomic mass is 10.1. The Hall–Kier alpha value is -2.19. The van der Waals surface area contributed by atoms with Crippen LogP contribution in [-0.4, -0.2) is 21.0 Å². The zero-order valence-corrected chi connectivity index (χ0v) is 14.1. The summed E-state index contributed by atoms with van der Waals surface area (Å²) < 4.78 is 9.64. The lowest BCUT2D eigenvalue weighted by Crippen LogP contribution is -2.14. The maximum absolute atomic E-state index is 12.2. The number of aromatic nitrogens is 2. The van der Waals surface area contributed by atoms with Crippen molar-refractivity contribution >= 4 is 45.3 Å². The molecule has 0 aliphatic heterocycles. The van der Waals surface area contributed by atoms with Crippen LogP contribution >= 0.6 is 23.3 Å². The SMILES string of the molecule is CCSc1nsc(NC(=O)c2cc(=O)c3cc(C)ccc3o2)n1. The summed E-state index contributed by atoms with van der Waals surface area (Å²) >= 11 is 2.58. The first-order valence-corrected chi connectivity index (χ1v) is 8.65. The van der Waals surface area contributed by atoms with Gasteiger partial charge in [-0.3, -0.25) is 14.9 Å². The molecule has 1 N–H and O–H groups in total. The molecule has 2 aromatic heterocycles. The number of anilines is 1. The van der Waals surface area contributed by atoms with E-state index in [9.17, 15) is 9.59 Å². The van der Waals surface area contributed by atoms with E-state index >= 15 is 0 Å². The number of nitrogens with one attached hydrogen (secondary N) is 1. The highest BCUT2D eigenvalue weighted by molar-refractivity contribution is 7.99. The van der Waals surface area contributed by atoms with E-state index in [4.69, 9.17) is 4.42 Å². The minimum absolute atomic E-state index is 0.0498. The fourth-order valence-corrected chi connectivity index (χ4v) is 3.25. The van der Waals surface area contributed by atoms with Crippen molar-refractivity contribution in [1.82, 2.24) is 9.36 Å². The van der Waals surface area contributed by atoms with E-state index in [1.54, 1.807) is 12.1 Å². The number of benzene rings is 1. The van der Waals surface area contributed by atoms with Gasteiger partial charge in [-0.05, 0) is 24.8 Å². The van der Waals surface area contributed by atoms with E-state index in [1.165, 1.54) is 17.8 Å². The van der Waals surface area contributed by atoms with Gasteiger partial charge in [0, 0.05) is 17.6 Å². The molecule has 2 heterocycles. The van der Waals surface area contributed by atoms with E-state index < -0.39 is 5.91 Å². The molecule has 0 atom stereocenters. The fourth-order valence-electron chi connectivity index (χ4n) is 1.99. The molecule has 0 saturated heterocycles. The van der Waals surface area contributed by atoms with E-state index in [2.05, 4.69) is 14.7 Å². The van der Waals surface area contributed by atoms with Crippen molar-refractivity contribution in [3.05, 3.63) is 45.8 Å². The van der Waals surface area contributed by atoms with Crippen LogP contribution in [0.2, 0.25) is 0 Å². The number of thioether (sulfide) groups is 1. The van der Waals surface area contributed by atoms with Gasteiger partial charge >= 0.3 is 0 Å². The van der Waals surface area contributed by atoms with E-state index in [1.807, 2.05) is 19.9 Å². The van der Waals surface area contributed by atoms with Crippen molar-refractivity contribution in [1.29, 1.82) is 0 Å². The van der Waals surface area contributed by atoms with Gasteiger partial charge in [-0.1, -0.05) is 30.3 Å². The zero-order valence-electron chi connectivity index (χ0n) is 12.5. The van der Waals surface area contributed by atoms with Crippen molar-refractivity contribution in [2.75, 3.05) is 11.1 Å². The van der Waals surface area contributed by atoms with Crippen LogP contribution in [0.5, 0.6) is 0 Å². The second-order valence-electron chi connectivity index (χ2n) is 4.74. The lowest BCUT2D eigenvalue weighted by Gasteiger charge is -2.03. The Balaban J connectivity index is 1.88. The highest BCUT2D eigenvalue weighted by Gasteiger charge is 2.15. The molecular weight excluding hydrogens is 334 g/mol. The van der Waals surface area contributed by atoms with E-state index in [0.717, 1.165) is 22.8 Å². The molecule has 0 aliphatic rings. The van der Waals surface area contributed by atoms with Crippen LogP contribution in [0.1, 0.15) is 23.0 Å². The Bertz CT molecular complexity index is 933. The maximum Gasteiger partial charge on any atom is 0.293 e. The van der Waals surface area contributed by atoms with Crippen molar-refractivity contribution in [3.63, 3.8) is 0 Å². The smallest absolute Gasteiger partial charge is 0.293 e. The van der Waals surface area contributed by atoms with Crippen molar-refractivity contribution in [3.8, 4) is 0 Å². The van der Waals surface area contributed by atoms with Crippen LogP contribution < -0.4 is 10.7 Å². The van der Waals surface area contributed by atoms with Gasteiger partial charge < -0.3 is 4.42 Å². The maximum atomic E-state index is 12.2. The zero-order chi connectivity index (χ0) is 16.4. The number of nitrogens with zero attached hydrogens (tertiary/aromatic N) is 2. The highest BCUT2D eigenvalue weighted by Crippen LogP contribution is 2.20. The fraction of sp³-hybridized carbons (Fsp3) is 0.200. The first kappa shape index (κ1) is 15.7. The summed E-state index contributed by atoms with van der Waals surface area (Å²) in [7, 11) is 0. The molecule has 0 bridgehead atoms. The third-order valence-electron chi connectivity index (χ3n) is 3.01. The molecule has 118 valence electrons. The molecule has 0 aliphatic carbocycles. The number of hydrogen-bond donors (Lipinski definition) is 1. The number of carbonyl (C=O) groups is 1. The quantitative estimate of drug-likeness (QED) is 0.729. The largest absolute Gasteiger partial charge is 0.451 e. The molecule has 1 aromatic carbocycles. The Morgan fingerprint density at radius 2 is 2.22 bits per heavy atom. The average molecular weight is 347 g/mol. The molecule has 0 saturated carbocycles. The van der Waals surface area contributed by atoms with E-state index in [-0.39, 0.29) is 11.2 Å². The average Bonchev–Trinajstić information content (AvgIpc) is 2.95. The van der Waals surface area contributed by atoms with Gasteiger partial charge in [-0.25, -0.2) is 0 Å². The molecule has 0 radical (unpaired) electrons. The highest BCUT2D eigenvalue weighted by atomic mass is 32.2. The Labute approximate surface area is 140 Å². The Morgan fingerprint density at radius 1 is 1.39 bits per heavy atom. The minimum Gasteiger partial charge on any atom is -0.451 e. The van der Waals surface area contributed by atoms with Crippen molar-refractivity contribution in [2.24, 2.45) is 0 Å². The molecule has 0 fully saturated rings. The molecule has 3 aromatic rings. The molecule has 0 spiro atoms. The summed E-state index contributed by atoms with van der Waals surface area (Å²) in [4.78, 5) is 28.5. The van der Waals surface area contributed by atoms with Gasteiger partial charge in [-0.15, -0.1) is 0 Å². The van der Waals surface area contributed by atoms with Crippen molar-refractivity contribution < 1.29 is 9.21 Å². The molecule has 23 heavy (non-hydrogen) atoms. The number of hydrogen-bond acceptors (Lipinski definition) is 7. The number of aryl methyl sites for hydroxylation is 1. The number of carbonyl (C=O) groups excluding carboxylic acids is 1. The number of rotatable bonds is 4. The molecule has 1 amide bonds. The third-order valence-corrected chi connectivity index (χ3v) is 4.48. The first-order chi connectivity index (χ1) is 11.1. The Kier molecular flexibility index (Phi) is 4.44. The normalized spacial score (nSPS) is 10.9. The van der Waals surface area contributed by atoms with Crippen LogP contribution in [0, 0.1) is 6.92 Å². The first-order valence-electron chi connectivity index (χ1n) is 6.89. The third kappa shape index (κ3) is 3.43. The van der Waals surface area contributed by atoms with Crippen LogP contribution in [0.25, 0.3) is 11.0 Å². The van der Waals surface area contributed by atoms with Crippen LogP contribution in [0.4, 0.5) is 5.13 Å². The second-order valence-corrected chi connectivity index (χ2v) is 6.73. The monoisotopic (exact) mass is 347 g/mol. The predicted octanol–water partition coefficient (Wildman–Crippen LogP) is 3.32. The summed E-state index contributed by atoms with van der Waals surface area (Å²) in [6.07, 6.45) is 0. The summed E-state index contributed by atoms with van der Waals surface area (Å²) in [5.74, 6) is 0.281. The van der Waals surface area contributed by atoms with Crippen LogP contribution in [0.3, 0.4) is 0 Å². The second kappa shape index (κ2) is 6.51. The number of amides is 1. The van der Waals surface area contributed by atoms with Crippen molar-refractivity contribution in [2.45, 2.75) is 19.0 Å². The topological polar surface area (TPSA) is 85.1 Å². The number of fused-ring (bicyclic) bond motifs is 1.